The quantitative estimate of drug-likeness (QED) is 0.641. The highest BCUT2D eigenvalue weighted by Crippen LogP contribution is 1.95. The maximum atomic E-state index is 11.3. The highest BCUT2D eigenvalue weighted by Gasteiger charge is 2.12. The van der Waals surface area contributed by atoms with E-state index in [2.05, 4.69) is 21.4 Å². The van der Waals surface area contributed by atoms with Gasteiger partial charge in [-0.25, -0.2) is 0 Å². The van der Waals surface area contributed by atoms with Crippen LogP contribution in [0.4, 0.5) is 0 Å². The van der Waals surface area contributed by atoms with Crippen LogP contribution in [-0.2, 0) is 11.3 Å². The van der Waals surface area contributed by atoms with Crippen molar-refractivity contribution < 1.29 is 9.32 Å². The van der Waals surface area contributed by atoms with Crippen molar-refractivity contribution in [3.8, 4) is 12.3 Å². The number of hydrogen-bond acceptors (Lipinski definition) is 5. The van der Waals surface area contributed by atoms with Gasteiger partial charge in [0.15, 0.2) is 5.82 Å². The smallest absolute Gasteiger partial charge is 0.246 e. The lowest BCUT2D eigenvalue weighted by molar-refractivity contribution is -0.122. The molecule has 1 heterocycles. The van der Waals surface area contributed by atoms with Crippen LogP contribution in [0, 0.1) is 19.3 Å². The number of carbonyl (C=O) groups is 1. The summed E-state index contributed by atoms with van der Waals surface area (Å²) in [5.41, 5.74) is 5.48. The van der Waals surface area contributed by atoms with Gasteiger partial charge in [-0.05, 0) is 6.92 Å². The van der Waals surface area contributed by atoms with E-state index in [0.29, 0.717) is 11.7 Å². The van der Waals surface area contributed by atoms with Crippen LogP contribution < -0.4 is 11.1 Å². The van der Waals surface area contributed by atoms with E-state index in [1.807, 2.05) is 0 Å². The largest absolute Gasteiger partial charge is 0.346 e. The molecule has 6 nitrogen and oxygen atoms in total. The molecule has 0 aliphatic rings. The summed E-state index contributed by atoms with van der Waals surface area (Å²) in [6.07, 6.45) is 5.23. The van der Waals surface area contributed by atoms with Gasteiger partial charge in [0.1, 0.15) is 0 Å². The number of amides is 1. The van der Waals surface area contributed by atoms with Crippen molar-refractivity contribution in [1.29, 1.82) is 0 Å². The summed E-state index contributed by atoms with van der Waals surface area (Å²) >= 11 is 0. The average Bonchev–Trinajstić information content (AvgIpc) is 2.61. The third-order valence-electron chi connectivity index (χ3n) is 1.66. The van der Waals surface area contributed by atoms with Gasteiger partial charge in [-0.1, -0.05) is 5.16 Å². The number of nitrogens with two attached hydrogens (primary N) is 1. The van der Waals surface area contributed by atoms with E-state index in [4.69, 9.17) is 16.7 Å². The van der Waals surface area contributed by atoms with E-state index >= 15 is 0 Å². The van der Waals surface area contributed by atoms with E-state index < -0.39 is 6.04 Å². The van der Waals surface area contributed by atoms with Crippen LogP contribution in [0.2, 0.25) is 0 Å². The van der Waals surface area contributed by atoms with Gasteiger partial charge in [-0.3, -0.25) is 4.79 Å². The molecular weight excluding hydrogens is 196 g/mol. The lowest BCUT2D eigenvalue weighted by atomic mass is 10.2. The Bertz CT molecular complexity index is 380. The standard InChI is InChI=1S/C9H12N4O2/c1-3-4-7(10)9(14)11-5-8-12-6(2)13-15-8/h1,7H,4-5,10H2,2H3,(H,11,14). The first-order valence-corrected chi connectivity index (χ1v) is 4.39. The van der Waals surface area contributed by atoms with Crippen LogP contribution in [0.1, 0.15) is 18.1 Å². The Labute approximate surface area is 87.2 Å². The molecule has 15 heavy (non-hydrogen) atoms. The topological polar surface area (TPSA) is 94.0 Å². The number of carbonyl (C=O) groups excluding carboxylic acids is 1. The number of nitrogens with zero attached hydrogens (tertiary/aromatic N) is 2. The molecule has 3 N–H and O–H groups in total. The fraction of sp³-hybridized carbons (Fsp3) is 0.444. The molecule has 1 amide bonds. The van der Waals surface area contributed by atoms with Crippen molar-refractivity contribution in [3.63, 3.8) is 0 Å². The Morgan fingerprint density at radius 3 is 3.07 bits per heavy atom. The molecule has 0 spiro atoms. The second-order valence-electron chi connectivity index (χ2n) is 2.97. The van der Waals surface area contributed by atoms with Crippen LogP contribution in [0.15, 0.2) is 4.52 Å². The summed E-state index contributed by atoms with van der Waals surface area (Å²) in [7, 11) is 0. The van der Waals surface area contributed by atoms with Crippen LogP contribution in [0.5, 0.6) is 0 Å². The fourth-order valence-corrected chi connectivity index (χ4v) is 0.925. The number of terminal acetylenes is 1. The minimum atomic E-state index is -0.695. The fourth-order valence-electron chi connectivity index (χ4n) is 0.925. The zero-order chi connectivity index (χ0) is 11.3. The third kappa shape index (κ3) is 3.40. The monoisotopic (exact) mass is 208 g/mol. The molecule has 6 heteroatoms. The molecule has 0 radical (unpaired) electrons. The number of rotatable bonds is 4. The maximum Gasteiger partial charge on any atom is 0.246 e. The van der Waals surface area contributed by atoms with Crippen molar-refractivity contribution in [2.45, 2.75) is 25.9 Å². The van der Waals surface area contributed by atoms with E-state index in [1.165, 1.54) is 0 Å². The van der Waals surface area contributed by atoms with Gasteiger partial charge in [0, 0.05) is 6.42 Å². The summed E-state index contributed by atoms with van der Waals surface area (Å²) in [6.45, 7) is 1.86. The molecule has 0 fully saturated rings. The average molecular weight is 208 g/mol. The van der Waals surface area contributed by atoms with Crippen molar-refractivity contribution in [2.24, 2.45) is 5.73 Å². The molecule has 0 saturated carbocycles. The van der Waals surface area contributed by atoms with Gasteiger partial charge in [0.05, 0.1) is 12.6 Å². The molecule has 0 aliphatic heterocycles. The summed E-state index contributed by atoms with van der Waals surface area (Å²) < 4.78 is 4.80. The number of hydrogen-bond donors (Lipinski definition) is 2. The van der Waals surface area contributed by atoms with Crippen LogP contribution in [0.25, 0.3) is 0 Å². The Morgan fingerprint density at radius 1 is 1.80 bits per heavy atom. The summed E-state index contributed by atoms with van der Waals surface area (Å²) in [6, 6.07) is -0.695. The highest BCUT2D eigenvalue weighted by atomic mass is 16.5. The predicted octanol–water partition coefficient (Wildman–Crippen LogP) is -0.655. The van der Waals surface area contributed by atoms with E-state index in [0.717, 1.165) is 0 Å². The minimum Gasteiger partial charge on any atom is -0.346 e. The van der Waals surface area contributed by atoms with E-state index in [9.17, 15) is 4.79 Å². The molecule has 0 saturated heterocycles. The second kappa shape index (κ2) is 5.12. The van der Waals surface area contributed by atoms with Crippen LogP contribution in [0.3, 0.4) is 0 Å². The number of aryl methyl sites for hydroxylation is 1. The van der Waals surface area contributed by atoms with Crippen molar-refractivity contribution in [3.05, 3.63) is 11.7 Å². The molecule has 80 valence electrons. The Morgan fingerprint density at radius 2 is 2.53 bits per heavy atom. The Hall–Kier alpha value is -1.87. The first-order chi connectivity index (χ1) is 7.13. The lowest BCUT2D eigenvalue weighted by Gasteiger charge is -2.06. The summed E-state index contributed by atoms with van der Waals surface area (Å²) in [4.78, 5) is 15.2. The van der Waals surface area contributed by atoms with Gasteiger partial charge in [-0.15, -0.1) is 12.3 Å². The zero-order valence-electron chi connectivity index (χ0n) is 8.36. The maximum absolute atomic E-state index is 11.3. The van der Waals surface area contributed by atoms with Gasteiger partial charge in [0.2, 0.25) is 11.8 Å². The summed E-state index contributed by atoms with van der Waals surface area (Å²) in [5, 5.41) is 6.12. The van der Waals surface area contributed by atoms with Gasteiger partial charge >= 0.3 is 0 Å². The summed E-state index contributed by atoms with van der Waals surface area (Å²) in [5.74, 6) is 2.85. The number of aromatic nitrogens is 2. The van der Waals surface area contributed by atoms with Crippen LogP contribution >= 0.6 is 0 Å². The number of nitrogens with one attached hydrogen (secondary N) is 1. The second-order valence-corrected chi connectivity index (χ2v) is 2.97. The normalized spacial score (nSPS) is 11.8. The highest BCUT2D eigenvalue weighted by molar-refractivity contribution is 5.81. The molecule has 0 bridgehead atoms. The van der Waals surface area contributed by atoms with Gasteiger partial charge in [0.25, 0.3) is 0 Å². The van der Waals surface area contributed by atoms with Gasteiger partial charge in [-0.2, -0.15) is 4.98 Å². The Balaban J connectivity index is 2.38. The first kappa shape index (κ1) is 11.2. The van der Waals surface area contributed by atoms with Gasteiger partial charge < -0.3 is 15.6 Å². The SMILES string of the molecule is C#CCC(N)C(=O)NCc1nc(C)no1. The molecule has 0 aliphatic carbocycles. The molecule has 1 unspecified atom stereocenters. The Kier molecular flexibility index (Phi) is 3.83. The molecule has 0 aromatic carbocycles. The molecule has 1 aromatic heterocycles. The van der Waals surface area contributed by atoms with E-state index in [-0.39, 0.29) is 18.9 Å². The minimum absolute atomic E-state index is 0.165. The first-order valence-electron chi connectivity index (χ1n) is 4.39. The molecule has 1 rings (SSSR count). The third-order valence-corrected chi connectivity index (χ3v) is 1.66. The lowest BCUT2D eigenvalue weighted by Crippen LogP contribution is -2.39. The van der Waals surface area contributed by atoms with Crippen molar-refractivity contribution in [1.82, 2.24) is 15.5 Å². The molecular formula is C9H12N4O2. The molecule has 1 atom stereocenters. The van der Waals surface area contributed by atoms with Crippen molar-refractivity contribution >= 4 is 5.91 Å². The van der Waals surface area contributed by atoms with Crippen LogP contribution in [-0.4, -0.2) is 22.1 Å². The zero-order valence-corrected chi connectivity index (χ0v) is 8.36. The molecule has 1 aromatic rings. The van der Waals surface area contributed by atoms with Crippen molar-refractivity contribution in [2.75, 3.05) is 0 Å². The van der Waals surface area contributed by atoms with E-state index in [1.54, 1.807) is 6.92 Å². The predicted molar refractivity (Wildman–Crippen MR) is 52.3 cm³/mol.